The van der Waals surface area contributed by atoms with Crippen molar-refractivity contribution in [3.05, 3.63) is 73.9 Å². The molecule has 1 N–H and O–H groups in total. The molecule has 1 unspecified atom stereocenters. The first kappa shape index (κ1) is 31.1. The molecule has 0 heterocycles. The quantitative estimate of drug-likeness (QED) is 0.257. The summed E-state index contributed by atoms with van der Waals surface area (Å²) in [7, 11) is 1.00. The Bertz CT molecular complexity index is 971. The van der Waals surface area contributed by atoms with Gasteiger partial charge in [0.05, 0.1) is 0 Å². The number of allylic oxidation sites excluding steroid dienone is 8. The van der Waals surface area contributed by atoms with E-state index in [4.69, 9.17) is 16.7 Å². The second-order valence-corrected chi connectivity index (χ2v) is 10.2. The first-order chi connectivity index (χ1) is 16.8. The summed E-state index contributed by atoms with van der Waals surface area (Å²) >= 11 is 6.66. The monoisotopic (exact) mass is 498 g/mol. The topological polar surface area (TPSA) is 37.3 Å². The second kappa shape index (κ2) is 16.0. The van der Waals surface area contributed by atoms with Crippen LogP contribution in [0, 0.1) is 12.8 Å². The molecule has 3 heteroatoms. The van der Waals surface area contributed by atoms with E-state index in [-0.39, 0.29) is 5.92 Å². The third kappa shape index (κ3) is 8.33. The van der Waals surface area contributed by atoms with Gasteiger partial charge in [-0.1, -0.05) is 73.2 Å². The van der Waals surface area contributed by atoms with E-state index in [2.05, 4.69) is 65.8 Å². The number of aldehydes is 1. The molecule has 0 spiro atoms. The third-order valence-corrected chi connectivity index (χ3v) is 7.23. The molecule has 0 radical (unpaired) electrons. The van der Waals surface area contributed by atoms with Crippen molar-refractivity contribution in [3.8, 4) is 0 Å². The van der Waals surface area contributed by atoms with Gasteiger partial charge in [0.2, 0.25) is 0 Å². The maximum Gasteiger partial charge on any atom is 0.127 e. The molecule has 0 amide bonds. The third-order valence-electron chi connectivity index (χ3n) is 6.82. The zero-order valence-corrected chi connectivity index (χ0v) is 24.1. The lowest BCUT2D eigenvalue weighted by Crippen LogP contribution is -2.13. The molecule has 0 saturated heterocycles. The highest BCUT2D eigenvalue weighted by Crippen LogP contribution is 2.44. The smallest absolute Gasteiger partial charge is 0.127 e. The Balaban J connectivity index is 0.00000298. The number of aliphatic hydroxyl groups is 1. The van der Waals surface area contributed by atoms with Crippen molar-refractivity contribution in [2.24, 2.45) is 5.92 Å². The predicted molar refractivity (Wildman–Crippen MR) is 154 cm³/mol. The van der Waals surface area contributed by atoms with Gasteiger partial charge in [0.25, 0.3) is 0 Å². The van der Waals surface area contributed by atoms with Gasteiger partial charge in [0, 0.05) is 18.1 Å². The van der Waals surface area contributed by atoms with E-state index in [0.717, 1.165) is 61.8 Å². The molecule has 35 heavy (non-hydrogen) atoms. The maximum atomic E-state index is 12.5. The molecule has 194 valence electrons. The SMILES string of the molecule is CCC/C=C(C)/C(=C(\C(=C(C)C)C1=C(C)CCCC1)c1ccc(C)c(Cl)c1)C(C=O)CCC.CO. The first-order valence-electron chi connectivity index (χ1n) is 13.2. The van der Waals surface area contributed by atoms with Crippen molar-refractivity contribution in [3.63, 3.8) is 0 Å². The van der Waals surface area contributed by atoms with Gasteiger partial charge in [-0.05, 0) is 113 Å². The Morgan fingerprint density at radius 2 is 1.69 bits per heavy atom. The number of aliphatic hydroxyl groups excluding tert-OH is 1. The number of benzene rings is 1. The summed E-state index contributed by atoms with van der Waals surface area (Å²) < 4.78 is 0. The fourth-order valence-electron chi connectivity index (χ4n) is 5.02. The second-order valence-electron chi connectivity index (χ2n) is 9.80. The number of hydrogen-bond donors (Lipinski definition) is 1. The lowest BCUT2D eigenvalue weighted by molar-refractivity contribution is -0.110. The van der Waals surface area contributed by atoms with Crippen molar-refractivity contribution in [1.82, 2.24) is 0 Å². The summed E-state index contributed by atoms with van der Waals surface area (Å²) in [5.74, 6) is -0.128. The van der Waals surface area contributed by atoms with Crippen LogP contribution < -0.4 is 0 Å². The molecule has 0 bridgehead atoms. The van der Waals surface area contributed by atoms with Crippen LogP contribution in [-0.2, 0) is 4.79 Å². The first-order valence-corrected chi connectivity index (χ1v) is 13.6. The highest BCUT2D eigenvalue weighted by atomic mass is 35.5. The summed E-state index contributed by atoms with van der Waals surface area (Å²) in [4.78, 5) is 12.5. The minimum Gasteiger partial charge on any atom is -0.400 e. The van der Waals surface area contributed by atoms with Crippen LogP contribution in [0.4, 0.5) is 0 Å². The van der Waals surface area contributed by atoms with Crippen molar-refractivity contribution in [2.45, 2.75) is 99.8 Å². The van der Waals surface area contributed by atoms with Gasteiger partial charge in [0.15, 0.2) is 0 Å². The summed E-state index contributed by atoms with van der Waals surface area (Å²) in [5, 5.41) is 7.78. The van der Waals surface area contributed by atoms with Crippen LogP contribution >= 0.6 is 11.6 Å². The van der Waals surface area contributed by atoms with Crippen molar-refractivity contribution in [2.75, 3.05) is 7.11 Å². The molecule has 1 aromatic carbocycles. The largest absolute Gasteiger partial charge is 0.400 e. The molecule has 1 aliphatic carbocycles. The van der Waals surface area contributed by atoms with Crippen molar-refractivity contribution in [1.29, 1.82) is 0 Å². The van der Waals surface area contributed by atoms with Gasteiger partial charge < -0.3 is 9.90 Å². The van der Waals surface area contributed by atoms with Gasteiger partial charge in [-0.15, -0.1) is 0 Å². The van der Waals surface area contributed by atoms with Crippen LogP contribution in [0.3, 0.4) is 0 Å². The molecular weight excluding hydrogens is 452 g/mol. The normalized spacial score (nSPS) is 15.7. The standard InChI is InChI=1S/C31H43ClO.CH4O/c1-8-10-14-24(7)30(26(20-33)13-9-2)31(25-18-17-23(6)28(32)19-25)29(21(3)4)27-16-12-11-15-22(27)5;1-2/h14,17-20,26H,8-13,15-16H2,1-7H3;2H,1H3/b24-14+,31-30+;. The average molecular weight is 499 g/mol. The van der Waals surface area contributed by atoms with E-state index < -0.39 is 0 Å². The van der Waals surface area contributed by atoms with Crippen LogP contribution in [-0.4, -0.2) is 18.5 Å². The Morgan fingerprint density at radius 1 is 1.03 bits per heavy atom. The van der Waals surface area contributed by atoms with E-state index in [1.165, 1.54) is 58.1 Å². The number of carbonyl (C=O) groups excluding carboxylic acids is 1. The van der Waals surface area contributed by atoms with Crippen molar-refractivity contribution < 1.29 is 9.90 Å². The van der Waals surface area contributed by atoms with E-state index in [9.17, 15) is 4.79 Å². The highest BCUT2D eigenvalue weighted by molar-refractivity contribution is 6.31. The fourth-order valence-corrected chi connectivity index (χ4v) is 5.20. The highest BCUT2D eigenvalue weighted by Gasteiger charge is 2.26. The van der Waals surface area contributed by atoms with E-state index in [0.29, 0.717) is 0 Å². The molecule has 0 saturated carbocycles. The molecule has 2 nitrogen and oxygen atoms in total. The van der Waals surface area contributed by atoms with Gasteiger partial charge in [-0.25, -0.2) is 0 Å². The lowest BCUT2D eigenvalue weighted by atomic mass is 9.75. The van der Waals surface area contributed by atoms with Gasteiger partial charge in [-0.3, -0.25) is 0 Å². The predicted octanol–water partition coefficient (Wildman–Crippen LogP) is 9.60. The van der Waals surface area contributed by atoms with Gasteiger partial charge in [0.1, 0.15) is 6.29 Å². The average Bonchev–Trinajstić information content (AvgIpc) is 2.85. The minimum absolute atomic E-state index is 0.128. The van der Waals surface area contributed by atoms with E-state index in [1.54, 1.807) is 0 Å². The number of aryl methyl sites for hydroxylation is 1. The zero-order valence-electron chi connectivity index (χ0n) is 23.4. The molecule has 0 aromatic heterocycles. The van der Waals surface area contributed by atoms with Crippen LogP contribution in [0.5, 0.6) is 0 Å². The summed E-state index contributed by atoms with van der Waals surface area (Å²) in [5.41, 5.74) is 11.4. The number of halogens is 1. The lowest BCUT2D eigenvalue weighted by Gasteiger charge is -2.29. The maximum absolute atomic E-state index is 12.5. The fraction of sp³-hybridized carbons (Fsp3) is 0.531. The molecule has 2 rings (SSSR count). The summed E-state index contributed by atoms with van der Waals surface area (Å²) in [6.07, 6.45) is 12.2. The Hall–Kier alpha value is -1.90. The molecule has 1 aliphatic rings. The summed E-state index contributed by atoms with van der Waals surface area (Å²) in [6, 6.07) is 6.41. The number of carbonyl (C=O) groups is 1. The minimum atomic E-state index is -0.128. The number of unbranched alkanes of at least 4 members (excludes halogenated alkanes) is 1. The zero-order chi connectivity index (χ0) is 26.5. The van der Waals surface area contributed by atoms with Crippen LogP contribution in [0.2, 0.25) is 5.02 Å². The van der Waals surface area contributed by atoms with Crippen LogP contribution in [0.15, 0.2) is 57.7 Å². The van der Waals surface area contributed by atoms with Crippen molar-refractivity contribution >= 4 is 23.5 Å². The Labute approximate surface area is 219 Å². The Morgan fingerprint density at radius 3 is 2.20 bits per heavy atom. The number of rotatable bonds is 10. The molecule has 1 aromatic rings. The van der Waals surface area contributed by atoms with E-state index >= 15 is 0 Å². The number of hydrogen-bond acceptors (Lipinski definition) is 2. The van der Waals surface area contributed by atoms with E-state index in [1.807, 2.05) is 6.92 Å². The van der Waals surface area contributed by atoms with Gasteiger partial charge >= 0.3 is 0 Å². The van der Waals surface area contributed by atoms with Crippen LogP contribution in [0.25, 0.3) is 5.57 Å². The summed E-state index contributed by atoms with van der Waals surface area (Å²) in [6.45, 7) is 15.3. The molecular formula is C32H47ClO2. The van der Waals surface area contributed by atoms with Gasteiger partial charge in [-0.2, -0.15) is 0 Å². The Kier molecular flexibility index (Phi) is 14.2. The van der Waals surface area contributed by atoms with Crippen LogP contribution in [0.1, 0.15) is 104 Å². The molecule has 0 aliphatic heterocycles. The molecule has 1 atom stereocenters. The molecule has 0 fully saturated rings.